The van der Waals surface area contributed by atoms with Crippen LogP contribution in [0.5, 0.6) is 5.75 Å². The van der Waals surface area contributed by atoms with Gasteiger partial charge in [0.25, 0.3) is 0 Å². The van der Waals surface area contributed by atoms with Crippen LogP contribution in [0.1, 0.15) is 19.5 Å². The van der Waals surface area contributed by atoms with Crippen molar-refractivity contribution in [2.45, 2.75) is 26.3 Å². The molecule has 2 aliphatic heterocycles. The second-order valence-corrected chi connectivity index (χ2v) is 15.8. The van der Waals surface area contributed by atoms with Crippen molar-refractivity contribution in [3.8, 4) is 16.9 Å². The Hall–Kier alpha value is -4.06. The molecule has 0 amide bonds. The Morgan fingerprint density at radius 3 is 2.61 bits per heavy atom. The zero-order valence-corrected chi connectivity index (χ0v) is 28.7. The molecule has 2 aromatic carbocycles. The Balaban J connectivity index is 1.28. The summed E-state index contributed by atoms with van der Waals surface area (Å²) in [6.07, 6.45) is 8.94. The minimum absolute atomic E-state index is 0.305. The van der Waals surface area contributed by atoms with Crippen LogP contribution in [0, 0.1) is 0 Å². The zero-order valence-electron chi connectivity index (χ0n) is 26.2. The molecule has 14 heteroatoms. The maximum Gasteiger partial charge on any atom is 0.229 e. The highest BCUT2D eigenvalue weighted by Crippen LogP contribution is 2.49. The standard InChI is InChI=1S/C32H36BrN10O2P/c1-19(2)43-12-7-26-21(17-38-42(26)3)20-15-25(28(45-4)16-27(20)43)40-32-37-18-22(33)31(41-32)39-24-6-5-23-29(36-9-8-35-23)30(24)46(44)13-10-34-11-14-46/h5-6,8-9,15-19,34H,7,10-14H2,1-4H3,(H2,37,39,40,41). The van der Waals surface area contributed by atoms with Crippen LogP contribution in [0.4, 0.5) is 28.8 Å². The summed E-state index contributed by atoms with van der Waals surface area (Å²) in [6, 6.07) is 8.29. The average molecular weight is 704 g/mol. The van der Waals surface area contributed by atoms with Crippen molar-refractivity contribution < 1.29 is 9.30 Å². The van der Waals surface area contributed by atoms with Crippen LogP contribution in [0.15, 0.2) is 53.5 Å². The molecular weight excluding hydrogens is 667 g/mol. The third-order valence-electron chi connectivity index (χ3n) is 8.76. The molecule has 5 aromatic rings. The number of methoxy groups -OCH3 is 1. The van der Waals surface area contributed by atoms with Gasteiger partial charge in [0.2, 0.25) is 5.95 Å². The van der Waals surface area contributed by atoms with E-state index in [1.54, 1.807) is 25.7 Å². The summed E-state index contributed by atoms with van der Waals surface area (Å²) in [5.41, 5.74) is 7.26. The summed E-state index contributed by atoms with van der Waals surface area (Å²) in [6.45, 7) is 6.67. The molecule has 12 nitrogen and oxygen atoms in total. The maximum absolute atomic E-state index is 14.4. The first-order valence-electron chi connectivity index (χ1n) is 15.4. The summed E-state index contributed by atoms with van der Waals surface area (Å²) < 4.78 is 22.9. The lowest BCUT2D eigenvalue weighted by Gasteiger charge is -2.30. The van der Waals surface area contributed by atoms with Crippen LogP contribution >= 0.6 is 23.1 Å². The number of aromatic nitrogens is 6. The summed E-state index contributed by atoms with van der Waals surface area (Å²) in [5.74, 6) is 1.58. The van der Waals surface area contributed by atoms with E-state index in [9.17, 15) is 4.57 Å². The molecule has 0 bridgehead atoms. The summed E-state index contributed by atoms with van der Waals surface area (Å²) in [7, 11) is 0.900. The van der Waals surface area contributed by atoms with Crippen molar-refractivity contribution in [3.63, 3.8) is 0 Å². The van der Waals surface area contributed by atoms with Gasteiger partial charge in [0.15, 0.2) is 0 Å². The molecule has 3 N–H and O–H groups in total. The van der Waals surface area contributed by atoms with E-state index in [0.717, 1.165) is 35.5 Å². The molecule has 46 heavy (non-hydrogen) atoms. The zero-order chi connectivity index (χ0) is 32.0. The van der Waals surface area contributed by atoms with E-state index in [1.807, 2.05) is 30.1 Å². The molecule has 3 aromatic heterocycles. The van der Waals surface area contributed by atoms with Gasteiger partial charge in [-0.05, 0) is 48.0 Å². The van der Waals surface area contributed by atoms with E-state index in [-0.39, 0.29) is 0 Å². The van der Waals surface area contributed by atoms with Gasteiger partial charge in [-0.15, -0.1) is 0 Å². The van der Waals surface area contributed by atoms with Crippen LogP contribution in [-0.2, 0) is 18.0 Å². The first-order chi connectivity index (χ1) is 22.3. The van der Waals surface area contributed by atoms with E-state index >= 15 is 0 Å². The molecule has 1 fully saturated rings. The molecule has 0 spiro atoms. The maximum atomic E-state index is 14.4. The normalized spacial score (nSPS) is 15.7. The van der Waals surface area contributed by atoms with Crippen molar-refractivity contribution in [1.82, 2.24) is 35.0 Å². The number of hydrogen-bond donors (Lipinski definition) is 3. The Bertz CT molecular complexity index is 1990. The molecule has 2 aliphatic rings. The van der Waals surface area contributed by atoms with E-state index < -0.39 is 7.14 Å². The molecule has 0 unspecified atom stereocenters. The highest BCUT2D eigenvalue weighted by atomic mass is 79.9. The average Bonchev–Trinajstić information content (AvgIpc) is 3.33. The van der Waals surface area contributed by atoms with Gasteiger partial charge in [-0.1, -0.05) is 0 Å². The quantitative estimate of drug-likeness (QED) is 0.187. The minimum Gasteiger partial charge on any atom is -0.494 e. The predicted octanol–water partition coefficient (Wildman–Crippen LogP) is 5.44. The number of halogens is 1. The van der Waals surface area contributed by atoms with E-state index in [0.29, 0.717) is 75.5 Å². The fourth-order valence-electron chi connectivity index (χ4n) is 6.43. The molecule has 5 heterocycles. The smallest absolute Gasteiger partial charge is 0.229 e. The number of aryl methyl sites for hydroxylation is 1. The highest BCUT2D eigenvalue weighted by Gasteiger charge is 2.33. The molecule has 7 rings (SSSR count). The van der Waals surface area contributed by atoms with Crippen molar-refractivity contribution in [1.29, 1.82) is 0 Å². The fourth-order valence-corrected chi connectivity index (χ4v) is 9.56. The topological polar surface area (TPSA) is 135 Å². The van der Waals surface area contributed by atoms with Crippen LogP contribution in [-0.4, -0.2) is 74.8 Å². The van der Waals surface area contributed by atoms with Gasteiger partial charge in [0.05, 0.1) is 40.0 Å². The predicted molar refractivity (Wildman–Crippen MR) is 187 cm³/mol. The van der Waals surface area contributed by atoms with Crippen molar-refractivity contribution in [2.24, 2.45) is 7.05 Å². The highest BCUT2D eigenvalue weighted by molar-refractivity contribution is 9.10. The lowest BCUT2D eigenvalue weighted by Crippen LogP contribution is -2.33. The second kappa shape index (κ2) is 12.3. The number of nitrogens with one attached hydrogen (secondary N) is 3. The van der Waals surface area contributed by atoms with Gasteiger partial charge in [-0.25, -0.2) is 4.98 Å². The van der Waals surface area contributed by atoms with Crippen molar-refractivity contribution >= 4 is 68.2 Å². The lowest BCUT2D eigenvalue weighted by molar-refractivity contribution is 0.416. The SMILES string of the molecule is COc1cc2c(cc1Nc1ncc(Br)c(Nc3ccc4nccnc4c3P3(=O)CCNCC3)n1)-c1cnn(C)c1CCN2C(C)C. The summed E-state index contributed by atoms with van der Waals surface area (Å²) in [4.78, 5) is 20.9. The number of hydrogen-bond acceptors (Lipinski definition) is 11. The summed E-state index contributed by atoms with van der Waals surface area (Å²) in [5, 5.41) is 15.5. The lowest BCUT2D eigenvalue weighted by atomic mass is 10.0. The third kappa shape index (κ3) is 5.50. The van der Waals surface area contributed by atoms with E-state index in [4.69, 9.17) is 9.72 Å². The molecular formula is C32H36BrN10O2P. The molecule has 0 aliphatic carbocycles. The molecule has 0 radical (unpaired) electrons. The Morgan fingerprint density at radius 1 is 1.02 bits per heavy atom. The van der Waals surface area contributed by atoms with E-state index in [1.165, 1.54) is 5.69 Å². The van der Waals surface area contributed by atoms with Crippen LogP contribution in [0.3, 0.4) is 0 Å². The van der Waals surface area contributed by atoms with E-state index in [2.05, 4.69) is 82.8 Å². The number of anilines is 5. The van der Waals surface area contributed by atoms with Crippen molar-refractivity contribution in [2.75, 3.05) is 54.6 Å². The number of nitrogens with zero attached hydrogens (tertiary/aromatic N) is 7. The number of fused-ring (bicyclic) bond motifs is 4. The monoisotopic (exact) mass is 702 g/mol. The molecule has 1 saturated heterocycles. The number of rotatable bonds is 7. The first kappa shape index (κ1) is 30.6. The van der Waals surface area contributed by atoms with Crippen LogP contribution in [0.25, 0.3) is 22.2 Å². The number of benzene rings is 2. The Morgan fingerprint density at radius 2 is 1.83 bits per heavy atom. The van der Waals surface area contributed by atoms with Crippen LogP contribution < -0.4 is 30.9 Å². The largest absolute Gasteiger partial charge is 0.494 e. The van der Waals surface area contributed by atoms with Gasteiger partial charge in [0, 0.05) is 98.6 Å². The van der Waals surface area contributed by atoms with Gasteiger partial charge >= 0.3 is 0 Å². The van der Waals surface area contributed by atoms with Gasteiger partial charge in [-0.3, -0.25) is 14.6 Å². The second-order valence-electron chi connectivity index (χ2n) is 11.8. The Labute approximate surface area is 275 Å². The van der Waals surface area contributed by atoms with Crippen molar-refractivity contribution in [3.05, 3.63) is 59.2 Å². The fraction of sp³-hybridized carbons (Fsp3) is 0.344. The molecule has 0 atom stereocenters. The molecule has 0 saturated carbocycles. The molecule has 238 valence electrons. The van der Waals surface area contributed by atoms with Gasteiger partial charge in [-0.2, -0.15) is 10.1 Å². The van der Waals surface area contributed by atoms with Crippen LogP contribution in [0.2, 0.25) is 0 Å². The number of ether oxygens (including phenoxy) is 1. The minimum atomic E-state index is -2.76. The van der Waals surface area contributed by atoms with Gasteiger partial charge < -0.3 is 30.2 Å². The van der Waals surface area contributed by atoms with Gasteiger partial charge in [0.1, 0.15) is 24.2 Å². The Kier molecular flexibility index (Phi) is 8.16. The first-order valence-corrected chi connectivity index (χ1v) is 18.2. The third-order valence-corrected chi connectivity index (χ3v) is 12.5. The summed E-state index contributed by atoms with van der Waals surface area (Å²) >= 11 is 3.62.